The second-order valence-corrected chi connectivity index (χ2v) is 8.34. The quantitative estimate of drug-likeness (QED) is 0.397. The highest BCUT2D eigenvalue weighted by molar-refractivity contribution is 8.13. The van der Waals surface area contributed by atoms with Gasteiger partial charge in [0.1, 0.15) is 0 Å². The van der Waals surface area contributed by atoms with E-state index in [1.54, 1.807) is 11.3 Å². The fraction of sp³-hybridized carbons (Fsp3) is 0.238. The van der Waals surface area contributed by atoms with Crippen molar-refractivity contribution in [3.8, 4) is 0 Å². The Labute approximate surface area is 161 Å². The first-order chi connectivity index (χ1) is 12.7. The number of hydrogen-bond acceptors (Lipinski definition) is 4. The Balaban J connectivity index is 1.80. The summed E-state index contributed by atoms with van der Waals surface area (Å²) < 4.78 is 3.49. The number of thioether (sulfide) groups is 1. The molecule has 26 heavy (non-hydrogen) atoms. The van der Waals surface area contributed by atoms with Gasteiger partial charge in [0.2, 0.25) is 0 Å². The van der Waals surface area contributed by atoms with Crippen LogP contribution < -0.4 is 0 Å². The molecular weight excluding hydrogens is 360 g/mol. The van der Waals surface area contributed by atoms with Crippen LogP contribution in [0.5, 0.6) is 0 Å². The number of carbonyl (C=O) groups excluding carboxylic acids is 1. The molecule has 3 nitrogen and oxygen atoms in total. The van der Waals surface area contributed by atoms with Crippen molar-refractivity contribution in [1.29, 1.82) is 0 Å². The number of fused-ring (bicyclic) bond motifs is 2. The average Bonchev–Trinajstić information content (AvgIpc) is 3.19. The van der Waals surface area contributed by atoms with E-state index in [9.17, 15) is 4.79 Å². The molecule has 0 radical (unpaired) electrons. The van der Waals surface area contributed by atoms with Gasteiger partial charge >= 0.3 is 0 Å². The summed E-state index contributed by atoms with van der Waals surface area (Å²) in [5.41, 5.74) is 4.60. The molecule has 2 heterocycles. The third-order valence-electron chi connectivity index (χ3n) is 4.49. The lowest BCUT2D eigenvalue weighted by atomic mass is 10.1. The number of benzene rings is 2. The summed E-state index contributed by atoms with van der Waals surface area (Å²) in [7, 11) is 0. The molecule has 0 amide bonds. The molecule has 5 heteroatoms. The van der Waals surface area contributed by atoms with Gasteiger partial charge in [0.15, 0.2) is 10.3 Å². The van der Waals surface area contributed by atoms with Crippen molar-refractivity contribution in [2.24, 2.45) is 0 Å². The first-order valence-corrected chi connectivity index (χ1v) is 10.5. The van der Waals surface area contributed by atoms with Crippen molar-refractivity contribution in [3.05, 3.63) is 59.0 Å². The van der Waals surface area contributed by atoms with Crippen LogP contribution in [0.3, 0.4) is 0 Å². The molecule has 2 aromatic carbocycles. The second kappa shape index (κ2) is 7.25. The molecule has 0 saturated heterocycles. The molecule has 0 aliphatic carbocycles. The normalized spacial score (nSPS) is 11.5. The summed E-state index contributed by atoms with van der Waals surface area (Å²) in [5, 5.41) is 4.52. The van der Waals surface area contributed by atoms with Crippen molar-refractivity contribution in [2.45, 2.75) is 38.4 Å². The van der Waals surface area contributed by atoms with Gasteiger partial charge in [0, 0.05) is 16.5 Å². The van der Waals surface area contributed by atoms with Gasteiger partial charge in [0.05, 0.1) is 17.6 Å². The van der Waals surface area contributed by atoms with Crippen LogP contribution in [0.15, 0.2) is 53.0 Å². The zero-order valence-electron chi connectivity index (χ0n) is 14.9. The predicted molar refractivity (Wildman–Crippen MR) is 111 cm³/mol. The number of imidazole rings is 1. The molecule has 0 bridgehead atoms. The summed E-state index contributed by atoms with van der Waals surface area (Å²) in [4.78, 5) is 16.9. The van der Waals surface area contributed by atoms with Gasteiger partial charge in [-0.05, 0) is 59.8 Å². The summed E-state index contributed by atoms with van der Waals surface area (Å²) in [6.07, 6.45) is 1.44. The third kappa shape index (κ3) is 3.17. The Hall–Kier alpha value is -2.11. The van der Waals surface area contributed by atoms with E-state index in [2.05, 4.69) is 41.1 Å². The predicted octanol–water partition coefficient (Wildman–Crippen LogP) is 6.03. The number of aryl methyl sites for hydroxylation is 1. The van der Waals surface area contributed by atoms with Crippen molar-refractivity contribution >= 4 is 49.3 Å². The van der Waals surface area contributed by atoms with E-state index in [1.807, 2.05) is 25.1 Å². The molecule has 0 fully saturated rings. The third-order valence-corrected chi connectivity index (χ3v) is 6.41. The fourth-order valence-corrected chi connectivity index (χ4v) is 5.23. The van der Waals surface area contributed by atoms with Crippen LogP contribution in [-0.4, -0.2) is 14.7 Å². The summed E-state index contributed by atoms with van der Waals surface area (Å²) in [5.74, 6) is 0. The molecule has 0 aliphatic rings. The van der Waals surface area contributed by atoms with E-state index in [0.29, 0.717) is 6.42 Å². The molecule has 4 aromatic rings. The molecule has 4 rings (SSSR count). The monoisotopic (exact) mass is 380 g/mol. The molecule has 0 unspecified atom stereocenters. The van der Waals surface area contributed by atoms with Crippen LogP contribution in [0, 0.1) is 6.92 Å². The lowest BCUT2D eigenvalue weighted by Gasteiger charge is -2.09. The van der Waals surface area contributed by atoms with Crippen LogP contribution in [0.4, 0.5) is 0 Å². The smallest absolute Gasteiger partial charge is 0.196 e. The lowest BCUT2D eigenvalue weighted by Crippen LogP contribution is -2.03. The van der Waals surface area contributed by atoms with E-state index >= 15 is 0 Å². The Morgan fingerprint density at radius 2 is 2.04 bits per heavy atom. The minimum Gasteiger partial charge on any atom is -0.314 e. The van der Waals surface area contributed by atoms with Crippen LogP contribution in [0.2, 0.25) is 0 Å². The molecule has 0 atom stereocenters. The van der Waals surface area contributed by atoms with Crippen LogP contribution in [0.25, 0.3) is 21.1 Å². The van der Waals surface area contributed by atoms with Gasteiger partial charge in [0.25, 0.3) is 0 Å². The first kappa shape index (κ1) is 17.3. The van der Waals surface area contributed by atoms with E-state index in [0.717, 1.165) is 29.2 Å². The molecule has 0 aliphatic heterocycles. The molecule has 0 saturated carbocycles. The SMILES string of the molecule is CCCC(=O)Sc1nc2ccccc2n1Cc1csc2cccc(C)c12. The number of nitrogens with zero attached hydrogens (tertiary/aromatic N) is 2. The zero-order chi connectivity index (χ0) is 18.1. The zero-order valence-corrected chi connectivity index (χ0v) is 16.5. The fourth-order valence-electron chi connectivity index (χ4n) is 3.27. The Bertz CT molecular complexity index is 1090. The maximum absolute atomic E-state index is 12.2. The number of aromatic nitrogens is 2. The van der Waals surface area contributed by atoms with E-state index in [4.69, 9.17) is 4.98 Å². The van der Waals surface area contributed by atoms with Gasteiger partial charge < -0.3 is 4.57 Å². The minimum absolute atomic E-state index is 0.176. The average molecular weight is 381 g/mol. The topological polar surface area (TPSA) is 34.9 Å². The summed E-state index contributed by atoms with van der Waals surface area (Å²) >= 11 is 3.04. The summed E-state index contributed by atoms with van der Waals surface area (Å²) in [6, 6.07) is 14.5. The molecule has 0 spiro atoms. The van der Waals surface area contributed by atoms with Gasteiger partial charge in [-0.1, -0.05) is 31.2 Å². The number of carbonyl (C=O) groups is 1. The largest absolute Gasteiger partial charge is 0.314 e. The summed E-state index contributed by atoms with van der Waals surface area (Å²) in [6.45, 7) is 4.92. The number of rotatable bonds is 5. The highest BCUT2D eigenvalue weighted by Crippen LogP contribution is 2.32. The second-order valence-electron chi connectivity index (χ2n) is 6.40. The Morgan fingerprint density at radius 1 is 1.19 bits per heavy atom. The molecule has 132 valence electrons. The maximum Gasteiger partial charge on any atom is 0.196 e. The highest BCUT2D eigenvalue weighted by Gasteiger charge is 2.16. The Morgan fingerprint density at radius 3 is 2.88 bits per heavy atom. The number of hydrogen-bond donors (Lipinski definition) is 0. The van der Waals surface area contributed by atoms with Gasteiger partial charge in [-0.15, -0.1) is 11.3 Å². The standard InChI is InChI=1S/C21H20N2OS2/c1-3-7-19(24)26-21-22-16-9-4-5-10-17(16)23(21)12-15-13-25-18-11-6-8-14(2)20(15)18/h4-6,8-11,13H,3,7,12H2,1-2H3. The molecule has 2 aromatic heterocycles. The first-order valence-electron chi connectivity index (χ1n) is 8.79. The van der Waals surface area contributed by atoms with Crippen LogP contribution >= 0.6 is 23.1 Å². The maximum atomic E-state index is 12.2. The van der Waals surface area contributed by atoms with Crippen molar-refractivity contribution in [1.82, 2.24) is 9.55 Å². The van der Waals surface area contributed by atoms with E-state index < -0.39 is 0 Å². The Kier molecular flexibility index (Phi) is 4.83. The van der Waals surface area contributed by atoms with E-state index in [1.165, 1.54) is 33.0 Å². The minimum atomic E-state index is 0.176. The number of para-hydroxylation sites is 2. The van der Waals surface area contributed by atoms with Gasteiger partial charge in [-0.2, -0.15) is 0 Å². The van der Waals surface area contributed by atoms with Gasteiger partial charge in [-0.3, -0.25) is 4.79 Å². The van der Waals surface area contributed by atoms with Crippen molar-refractivity contribution in [3.63, 3.8) is 0 Å². The number of thiophene rings is 1. The van der Waals surface area contributed by atoms with E-state index in [-0.39, 0.29) is 5.12 Å². The molecular formula is C21H20N2OS2. The molecule has 0 N–H and O–H groups in total. The van der Waals surface area contributed by atoms with Gasteiger partial charge in [-0.25, -0.2) is 4.98 Å². The van der Waals surface area contributed by atoms with Crippen LogP contribution in [0.1, 0.15) is 30.9 Å². The van der Waals surface area contributed by atoms with Crippen molar-refractivity contribution in [2.75, 3.05) is 0 Å². The lowest BCUT2D eigenvalue weighted by molar-refractivity contribution is -0.111. The van der Waals surface area contributed by atoms with Crippen molar-refractivity contribution < 1.29 is 4.79 Å². The van der Waals surface area contributed by atoms with Crippen LogP contribution in [-0.2, 0) is 11.3 Å². The highest BCUT2D eigenvalue weighted by atomic mass is 32.2.